The number of hydrogen-bond donors (Lipinski definition) is 0. The first-order valence-corrected chi connectivity index (χ1v) is 11.5. The molecular weight excluding hydrogens is 394 g/mol. The van der Waals surface area contributed by atoms with Gasteiger partial charge in [-0.15, -0.1) is 0 Å². The lowest BCUT2D eigenvalue weighted by atomic mass is 10.1. The number of nitrogens with zero attached hydrogens (tertiary/aromatic N) is 3. The van der Waals surface area contributed by atoms with Gasteiger partial charge in [-0.1, -0.05) is 64.7 Å². The van der Waals surface area contributed by atoms with E-state index in [0.29, 0.717) is 18.2 Å². The van der Waals surface area contributed by atoms with Crippen molar-refractivity contribution in [1.29, 1.82) is 0 Å². The lowest BCUT2D eigenvalue weighted by Crippen LogP contribution is -2.54. The number of carbonyl (C=O) groups is 3. The molecule has 0 aliphatic carbocycles. The van der Waals surface area contributed by atoms with Crippen LogP contribution in [0, 0.1) is 0 Å². The predicted octanol–water partition coefficient (Wildman–Crippen LogP) is 5.07. The number of amides is 4. The Morgan fingerprint density at radius 3 is 2.00 bits per heavy atom. The first-order chi connectivity index (χ1) is 14.9. The second kappa shape index (κ2) is 12.3. The van der Waals surface area contributed by atoms with Crippen LogP contribution >= 0.6 is 0 Å². The van der Waals surface area contributed by atoms with Gasteiger partial charge < -0.3 is 9.32 Å². The summed E-state index contributed by atoms with van der Waals surface area (Å²) in [7, 11) is 5.09. The number of anilines is 1. The third-order valence-corrected chi connectivity index (χ3v) is 5.60. The topological polar surface area (TPSA) is 74.1 Å². The largest absolute Gasteiger partial charge is 0.441 e. The van der Waals surface area contributed by atoms with Gasteiger partial charge in [0.25, 0.3) is 11.8 Å². The highest BCUT2D eigenvalue weighted by Gasteiger charge is 2.39. The normalized spacial score (nSPS) is 16.0. The molecule has 1 aromatic heterocycles. The Bertz CT molecular complexity index is 782. The fraction of sp³-hybridized carbons (Fsp3) is 0.625. The Morgan fingerprint density at radius 2 is 1.45 bits per heavy atom. The Kier molecular flexibility index (Phi) is 9.82. The Hall–Kier alpha value is -2.57. The van der Waals surface area contributed by atoms with Gasteiger partial charge in [0, 0.05) is 33.8 Å². The molecule has 1 aromatic rings. The first-order valence-electron chi connectivity index (χ1n) is 11.5. The van der Waals surface area contributed by atoms with E-state index in [-0.39, 0.29) is 5.57 Å². The minimum absolute atomic E-state index is 0.0474. The highest BCUT2D eigenvalue weighted by atomic mass is 16.4. The zero-order chi connectivity index (χ0) is 22.8. The van der Waals surface area contributed by atoms with Crippen molar-refractivity contribution in [3.8, 4) is 0 Å². The maximum Gasteiger partial charge on any atom is 0.333 e. The number of hydrogen-bond acceptors (Lipinski definition) is 5. The predicted molar refractivity (Wildman–Crippen MR) is 123 cm³/mol. The van der Waals surface area contributed by atoms with Gasteiger partial charge in [0.1, 0.15) is 11.3 Å². The van der Waals surface area contributed by atoms with Crippen molar-refractivity contribution in [2.45, 2.75) is 71.1 Å². The molecule has 7 heteroatoms. The van der Waals surface area contributed by atoms with Crippen molar-refractivity contribution in [1.82, 2.24) is 9.80 Å². The van der Waals surface area contributed by atoms with Gasteiger partial charge in [-0.05, 0) is 18.6 Å². The summed E-state index contributed by atoms with van der Waals surface area (Å²) in [4.78, 5) is 41.8. The SMILES string of the molecule is CCCCCCCCCCCCN1C(=O)C(=Cc2ccc(N(C)C)o2)C(=O)N(C)C1=O. The van der Waals surface area contributed by atoms with Crippen LogP contribution in [-0.4, -0.2) is 55.3 Å². The highest BCUT2D eigenvalue weighted by Crippen LogP contribution is 2.23. The zero-order valence-electron chi connectivity index (χ0n) is 19.5. The summed E-state index contributed by atoms with van der Waals surface area (Å²) in [5.74, 6) is -0.125. The van der Waals surface area contributed by atoms with Crippen LogP contribution in [0.1, 0.15) is 76.9 Å². The van der Waals surface area contributed by atoms with E-state index in [9.17, 15) is 14.4 Å². The standard InChI is InChI=1S/C24H37N3O4/c1-5-6-7-8-9-10-11-12-13-14-17-27-23(29)20(22(28)26(4)24(27)30)18-19-15-16-21(31-19)25(2)3/h15-16,18H,5-14,17H2,1-4H3. The number of urea groups is 1. The molecule has 1 aliphatic heterocycles. The maximum atomic E-state index is 12.9. The fourth-order valence-electron chi connectivity index (χ4n) is 3.65. The molecule has 0 radical (unpaired) electrons. The van der Waals surface area contributed by atoms with Crippen molar-refractivity contribution >= 4 is 29.8 Å². The van der Waals surface area contributed by atoms with Crippen LogP contribution in [0.3, 0.4) is 0 Å². The van der Waals surface area contributed by atoms with Gasteiger partial charge in [0.05, 0.1) is 0 Å². The van der Waals surface area contributed by atoms with E-state index in [1.807, 2.05) is 14.1 Å². The van der Waals surface area contributed by atoms with Crippen LogP contribution in [-0.2, 0) is 9.59 Å². The number of unbranched alkanes of at least 4 members (excludes halogenated alkanes) is 9. The van der Waals surface area contributed by atoms with E-state index in [1.165, 1.54) is 63.0 Å². The zero-order valence-corrected chi connectivity index (χ0v) is 19.5. The monoisotopic (exact) mass is 431 g/mol. The molecule has 0 spiro atoms. The van der Waals surface area contributed by atoms with Gasteiger partial charge in [-0.25, -0.2) is 4.79 Å². The molecule has 0 unspecified atom stereocenters. The molecule has 1 saturated heterocycles. The van der Waals surface area contributed by atoms with Gasteiger partial charge in [-0.3, -0.25) is 19.4 Å². The van der Waals surface area contributed by atoms with Crippen molar-refractivity contribution in [3.63, 3.8) is 0 Å². The highest BCUT2D eigenvalue weighted by molar-refractivity contribution is 6.30. The molecule has 7 nitrogen and oxygen atoms in total. The summed E-state index contributed by atoms with van der Waals surface area (Å²) >= 11 is 0. The van der Waals surface area contributed by atoms with Crippen molar-refractivity contribution in [2.75, 3.05) is 32.6 Å². The Balaban J connectivity index is 1.87. The number of barbiturate groups is 1. The molecule has 2 heterocycles. The average Bonchev–Trinajstić information content (AvgIpc) is 3.22. The molecule has 0 atom stereocenters. The van der Waals surface area contributed by atoms with E-state index < -0.39 is 17.8 Å². The fourth-order valence-corrected chi connectivity index (χ4v) is 3.65. The van der Waals surface area contributed by atoms with E-state index >= 15 is 0 Å². The molecular formula is C24H37N3O4. The average molecular weight is 432 g/mol. The van der Waals surface area contributed by atoms with Gasteiger partial charge in [-0.2, -0.15) is 0 Å². The Labute approximate surface area is 186 Å². The molecule has 1 aliphatic rings. The van der Waals surface area contributed by atoms with Crippen LogP contribution in [0.5, 0.6) is 0 Å². The van der Waals surface area contributed by atoms with Crippen LogP contribution in [0.15, 0.2) is 22.1 Å². The van der Waals surface area contributed by atoms with Crippen LogP contribution in [0.4, 0.5) is 10.7 Å². The van der Waals surface area contributed by atoms with Crippen molar-refractivity contribution < 1.29 is 18.8 Å². The molecule has 31 heavy (non-hydrogen) atoms. The molecule has 4 amide bonds. The maximum absolute atomic E-state index is 12.9. The van der Waals surface area contributed by atoms with Crippen molar-refractivity contribution in [3.05, 3.63) is 23.5 Å². The second-order valence-electron chi connectivity index (χ2n) is 8.41. The van der Waals surface area contributed by atoms with Gasteiger partial charge in [0.15, 0.2) is 5.88 Å². The van der Waals surface area contributed by atoms with Crippen LogP contribution in [0.2, 0.25) is 0 Å². The summed E-state index contributed by atoms with van der Waals surface area (Å²) in [6.07, 6.45) is 13.2. The number of carbonyl (C=O) groups excluding carboxylic acids is 3. The van der Waals surface area contributed by atoms with Crippen LogP contribution in [0.25, 0.3) is 6.08 Å². The van der Waals surface area contributed by atoms with E-state index in [1.54, 1.807) is 17.0 Å². The molecule has 2 rings (SSSR count). The van der Waals surface area contributed by atoms with E-state index in [4.69, 9.17) is 4.42 Å². The van der Waals surface area contributed by atoms with Gasteiger partial charge >= 0.3 is 6.03 Å². The quantitative estimate of drug-likeness (QED) is 0.248. The molecule has 0 aromatic carbocycles. The van der Waals surface area contributed by atoms with Crippen molar-refractivity contribution in [2.24, 2.45) is 0 Å². The molecule has 0 saturated carbocycles. The summed E-state index contributed by atoms with van der Waals surface area (Å²) in [5, 5.41) is 0. The van der Waals surface area contributed by atoms with E-state index in [2.05, 4.69) is 6.92 Å². The third kappa shape index (κ3) is 6.97. The number of furan rings is 1. The smallest absolute Gasteiger partial charge is 0.333 e. The number of rotatable bonds is 13. The van der Waals surface area contributed by atoms with Gasteiger partial charge in [0.2, 0.25) is 0 Å². The molecule has 0 bridgehead atoms. The summed E-state index contributed by atoms with van der Waals surface area (Å²) in [6, 6.07) is 2.91. The minimum atomic E-state index is -0.600. The molecule has 1 fully saturated rings. The minimum Gasteiger partial charge on any atom is -0.441 e. The summed E-state index contributed by atoms with van der Waals surface area (Å²) in [5.41, 5.74) is -0.0474. The molecule has 0 N–H and O–H groups in total. The van der Waals surface area contributed by atoms with Crippen LogP contribution < -0.4 is 4.90 Å². The first kappa shape index (κ1) is 24.7. The summed E-state index contributed by atoms with van der Waals surface area (Å²) in [6.45, 7) is 2.55. The molecule has 172 valence electrons. The lowest BCUT2D eigenvalue weighted by molar-refractivity contribution is -0.135. The third-order valence-electron chi connectivity index (χ3n) is 5.60. The Morgan fingerprint density at radius 1 is 0.871 bits per heavy atom. The lowest BCUT2D eigenvalue weighted by Gasteiger charge is -2.31. The number of likely N-dealkylation sites (N-methyl/N-ethyl adjacent to an activating group) is 1. The second-order valence-corrected chi connectivity index (χ2v) is 8.41. The number of imide groups is 2. The van der Waals surface area contributed by atoms with E-state index in [0.717, 1.165) is 24.2 Å². The summed E-state index contributed by atoms with van der Waals surface area (Å²) < 4.78 is 5.63.